The lowest BCUT2D eigenvalue weighted by Crippen LogP contribution is -1.87. The second-order valence-corrected chi connectivity index (χ2v) is 3.74. The van der Waals surface area contributed by atoms with Crippen LogP contribution in [0.4, 0.5) is 0 Å². The first-order chi connectivity index (χ1) is 6.81. The van der Waals surface area contributed by atoms with Gasteiger partial charge in [0.2, 0.25) is 0 Å². The van der Waals surface area contributed by atoms with Crippen molar-refractivity contribution in [1.82, 2.24) is 19.8 Å². The third-order valence-corrected chi connectivity index (χ3v) is 2.55. The van der Waals surface area contributed by atoms with E-state index in [1.54, 1.807) is 0 Å². The minimum Gasteiger partial charge on any atom is -0.406 e. The van der Waals surface area contributed by atoms with Crippen molar-refractivity contribution < 1.29 is 4.42 Å². The maximum absolute atomic E-state index is 5.53. The number of nitrogens with zero attached hydrogens (tertiary/aromatic N) is 4. The number of rotatable bonds is 3. The van der Waals surface area contributed by atoms with Gasteiger partial charge in [-0.1, -0.05) is 22.9 Å². The Morgan fingerprint density at radius 3 is 2.86 bits per heavy atom. The topological polar surface area (TPSA) is 64.7 Å². The summed E-state index contributed by atoms with van der Waals surface area (Å²) in [5, 5.41) is 11.4. The molecule has 0 saturated carbocycles. The minimum atomic E-state index is 0.0378. The molecule has 0 bridgehead atoms. The molecule has 2 aromatic rings. The van der Waals surface area contributed by atoms with Gasteiger partial charge < -0.3 is 4.42 Å². The monoisotopic (exact) mass is 230 g/mol. The molecule has 0 N–H and O–H groups in total. The summed E-state index contributed by atoms with van der Waals surface area (Å²) in [5.74, 6) is 0.397. The highest BCUT2D eigenvalue weighted by Gasteiger charge is 2.15. The number of aromatic nitrogens is 4. The lowest BCUT2D eigenvalue weighted by atomic mass is 10.2. The summed E-state index contributed by atoms with van der Waals surface area (Å²) in [6.45, 7) is 2.07. The molecule has 0 fully saturated rings. The maximum atomic E-state index is 5.53. The maximum Gasteiger partial charge on any atom is 0.313 e. The molecule has 2 aromatic heterocycles. The lowest BCUT2D eigenvalue weighted by molar-refractivity contribution is 0.571. The van der Waals surface area contributed by atoms with Crippen molar-refractivity contribution in [2.75, 3.05) is 0 Å². The molecule has 74 valence electrons. The molecule has 0 amide bonds. The average molecular weight is 231 g/mol. The normalized spacial score (nSPS) is 10.7. The number of halogens is 1. The van der Waals surface area contributed by atoms with E-state index in [1.807, 2.05) is 0 Å². The van der Waals surface area contributed by atoms with Gasteiger partial charge in [-0.2, -0.15) is 0 Å². The predicted molar refractivity (Wildman–Crippen MR) is 52.2 cm³/mol. The Bertz CT molecular complexity index is 427. The summed E-state index contributed by atoms with van der Waals surface area (Å²) in [6, 6.07) is 0. The van der Waals surface area contributed by atoms with E-state index < -0.39 is 0 Å². The zero-order valence-electron chi connectivity index (χ0n) is 7.40. The van der Waals surface area contributed by atoms with Gasteiger partial charge in [-0.05, 0) is 29.6 Å². The van der Waals surface area contributed by atoms with Crippen molar-refractivity contribution >= 4 is 23.1 Å². The third kappa shape index (κ3) is 1.76. The molecule has 0 saturated heterocycles. The van der Waals surface area contributed by atoms with Gasteiger partial charge in [-0.3, -0.25) is 0 Å². The van der Waals surface area contributed by atoms with Gasteiger partial charge in [-0.25, -0.2) is 0 Å². The predicted octanol–water partition coefficient (Wildman–Crippen LogP) is 2.19. The van der Waals surface area contributed by atoms with Crippen molar-refractivity contribution in [3.63, 3.8) is 0 Å². The van der Waals surface area contributed by atoms with Crippen molar-refractivity contribution in [3.05, 3.63) is 11.0 Å². The molecule has 0 aromatic carbocycles. The molecule has 0 atom stereocenters. The first-order valence-electron chi connectivity index (χ1n) is 4.12. The van der Waals surface area contributed by atoms with E-state index in [0.29, 0.717) is 5.89 Å². The van der Waals surface area contributed by atoms with Crippen LogP contribution >= 0.6 is 23.1 Å². The van der Waals surface area contributed by atoms with Crippen LogP contribution in [0.1, 0.15) is 19.0 Å². The number of hydrogen-bond donors (Lipinski definition) is 0. The Hall–Kier alpha value is -1.01. The van der Waals surface area contributed by atoms with Crippen LogP contribution < -0.4 is 0 Å². The highest BCUT2D eigenvalue weighted by Crippen LogP contribution is 2.26. The van der Waals surface area contributed by atoms with Crippen molar-refractivity contribution in [1.29, 1.82) is 0 Å². The summed E-state index contributed by atoms with van der Waals surface area (Å²) < 4.78 is 8.94. The first kappa shape index (κ1) is 9.54. The van der Waals surface area contributed by atoms with Gasteiger partial charge in [0.25, 0.3) is 5.89 Å². The van der Waals surface area contributed by atoms with Crippen molar-refractivity contribution in [2.45, 2.75) is 19.8 Å². The zero-order valence-corrected chi connectivity index (χ0v) is 8.97. The van der Waals surface area contributed by atoms with Crippen LogP contribution in [0, 0.1) is 0 Å². The lowest BCUT2D eigenvalue weighted by Gasteiger charge is -1.92. The Morgan fingerprint density at radius 1 is 1.36 bits per heavy atom. The van der Waals surface area contributed by atoms with Gasteiger partial charge in [-0.15, -0.1) is 10.2 Å². The largest absolute Gasteiger partial charge is 0.406 e. The SMILES string of the molecule is CCCc1nnsc1-c1nnc(Cl)o1. The van der Waals surface area contributed by atoms with Crippen molar-refractivity contribution in [2.24, 2.45) is 0 Å². The molecule has 0 aliphatic rings. The van der Waals surface area contributed by atoms with E-state index in [0.717, 1.165) is 23.4 Å². The molecule has 7 heteroatoms. The Labute approximate surface area is 89.3 Å². The average Bonchev–Trinajstić information content (AvgIpc) is 2.74. The second kappa shape index (κ2) is 4.02. The van der Waals surface area contributed by atoms with Gasteiger partial charge >= 0.3 is 5.35 Å². The molecule has 14 heavy (non-hydrogen) atoms. The summed E-state index contributed by atoms with van der Waals surface area (Å²) >= 11 is 6.77. The Kier molecular flexibility index (Phi) is 2.74. The smallest absolute Gasteiger partial charge is 0.313 e. The summed E-state index contributed by atoms with van der Waals surface area (Å²) in [5.41, 5.74) is 0.887. The van der Waals surface area contributed by atoms with Gasteiger partial charge in [0.15, 0.2) is 0 Å². The summed E-state index contributed by atoms with van der Waals surface area (Å²) in [7, 11) is 0. The van der Waals surface area contributed by atoms with E-state index in [4.69, 9.17) is 16.0 Å². The van der Waals surface area contributed by atoms with Crippen LogP contribution in [-0.2, 0) is 6.42 Å². The molecule has 5 nitrogen and oxygen atoms in total. The fourth-order valence-electron chi connectivity index (χ4n) is 1.07. The fourth-order valence-corrected chi connectivity index (χ4v) is 1.81. The van der Waals surface area contributed by atoms with Crippen LogP contribution in [0.15, 0.2) is 4.42 Å². The van der Waals surface area contributed by atoms with Gasteiger partial charge in [0.05, 0.1) is 5.69 Å². The van der Waals surface area contributed by atoms with Crippen LogP contribution in [0.3, 0.4) is 0 Å². The zero-order chi connectivity index (χ0) is 9.97. The summed E-state index contributed by atoms with van der Waals surface area (Å²) in [6.07, 6.45) is 1.85. The summed E-state index contributed by atoms with van der Waals surface area (Å²) in [4.78, 5) is 0.811. The van der Waals surface area contributed by atoms with E-state index in [2.05, 4.69) is 26.7 Å². The molecular weight excluding hydrogens is 224 g/mol. The quantitative estimate of drug-likeness (QED) is 0.809. The molecular formula is C7H7ClN4OS. The fraction of sp³-hybridized carbons (Fsp3) is 0.429. The standard InChI is InChI=1S/C7H7ClN4OS/c1-2-3-4-5(14-12-9-4)6-10-11-7(8)13-6/h2-3H2,1H3. The van der Waals surface area contributed by atoms with Gasteiger partial charge in [0, 0.05) is 0 Å². The van der Waals surface area contributed by atoms with E-state index in [9.17, 15) is 0 Å². The van der Waals surface area contributed by atoms with Gasteiger partial charge in [0.1, 0.15) is 4.88 Å². The van der Waals surface area contributed by atoms with E-state index in [-0.39, 0.29) is 5.35 Å². The minimum absolute atomic E-state index is 0.0378. The van der Waals surface area contributed by atoms with E-state index >= 15 is 0 Å². The molecule has 0 spiro atoms. The molecule has 2 rings (SSSR count). The third-order valence-electron chi connectivity index (χ3n) is 1.64. The Balaban J connectivity index is 2.36. The highest BCUT2D eigenvalue weighted by atomic mass is 35.5. The second-order valence-electron chi connectivity index (χ2n) is 2.66. The first-order valence-corrected chi connectivity index (χ1v) is 5.27. The van der Waals surface area contributed by atoms with Crippen LogP contribution in [0.2, 0.25) is 5.35 Å². The highest BCUT2D eigenvalue weighted by molar-refractivity contribution is 7.09. The number of hydrogen-bond acceptors (Lipinski definition) is 6. The molecule has 0 aliphatic heterocycles. The van der Waals surface area contributed by atoms with E-state index in [1.165, 1.54) is 11.5 Å². The number of aryl methyl sites for hydroxylation is 1. The van der Waals surface area contributed by atoms with Crippen LogP contribution in [0.25, 0.3) is 10.8 Å². The molecule has 0 radical (unpaired) electrons. The van der Waals surface area contributed by atoms with Crippen LogP contribution in [0.5, 0.6) is 0 Å². The Morgan fingerprint density at radius 2 is 2.21 bits per heavy atom. The molecule has 0 aliphatic carbocycles. The van der Waals surface area contributed by atoms with Crippen LogP contribution in [-0.4, -0.2) is 19.8 Å². The molecule has 2 heterocycles. The van der Waals surface area contributed by atoms with Crippen molar-refractivity contribution in [3.8, 4) is 10.8 Å². The molecule has 0 unspecified atom stereocenters.